The lowest BCUT2D eigenvalue weighted by Gasteiger charge is -2.40. The molecule has 0 spiro atoms. The smallest absolute Gasteiger partial charge is 0.462 e. The van der Waals surface area contributed by atoms with E-state index in [1.807, 2.05) is 4.90 Å². The van der Waals surface area contributed by atoms with E-state index in [2.05, 4.69) is 10.1 Å². The van der Waals surface area contributed by atoms with Crippen LogP contribution in [0.15, 0.2) is 54.6 Å². The zero-order valence-corrected chi connectivity index (χ0v) is 29.2. The molecule has 52 heavy (non-hydrogen) atoms. The van der Waals surface area contributed by atoms with Crippen LogP contribution in [0, 0.1) is 27.8 Å². The van der Waals surface area contributed by atoms with Crippen LogP contribution in [0.5, 0.6) is 5.75 Å². The van der Waals surface area contributed by atoms with Gasteiger partial charge in [-0.15, -0.1) is 13.2 Å². The van der Waals surface area contributed by atoms with Gasteiger partial charge < -0.3 is 19.7 Å². The molecule has 0 radical (unpaired) electrons. The van der Waals surface area contributed by atoms with E-state index in [0.717, 1.165) is 17.7 Å². The number of esters is 1. The molecule has 0 bridgehead atoms. The summed E-state index contributed by atoms with van der Waals surface area (Å²) in [4.78, 5) is 56.3. The second-order valence-corrected chi connectivity index (χ2v) is 13.9. The highest BCUT2D eigenvalue weighted by Crippen LogP contribution is 2.56. The first kappa shape index (κ1) is 37.3. The van der Waals surface area contributed by atoms with Crippen molar-refractivity contribution in [3.8, 4) is 5.75 Å². The molecule has 1 saturated carbocycles. The number of ether oxygens (including phenoxy) is 2. The molecule has 11 nitrogen and oxygen atoms in total. The number of likely N-dealkylation sites (tertiary alicyclic amines) is 1. The predicted octanol–water partition coefficient (Wildman–Crippen LogP) is 7.74. The third-order valence-corrected chi connectivity index (χ3v) is 10.4. The van der Waals surface area contributed by atoms with Crippen LogP contribution in [-0.4, -0.2) is 65.2 Å². The summed E-state index contributed by atoms with van der Waals surface area (Å²) in [6.45, 7) is 2.87. The quantitative estimate of drug-likeness (QED) is 0.0960. The van der Waals surface area contributed by atoms with Gasteiger partial charge in [0.05, 0.1) is 22.5 Å². The van der Waals surface area contributed by atoms with Crippen molar-refractivity contribution in [2.45, 2.75) is 57.0 Å². The zero-order valence-electron chi connectivity index (χ0n) is 27.7. The molecule has 2 amide bonds. The number of benzene rings is 3. The van der Waals surface area contributed by atoms with Gasteiger partial charge in [0, 0.05) is 47.9 Å². The Labute approximate surface area is 304 Å². The molecule has 2 heterocycles. The van der Waals surface area contributed by atoms with Gasteiger partial charge >= 0.3 is 12.3 Å². The van der Waals surface area contributed by atoms with Crippen molar-refractivity contribution < 1.29 is 46.3 Å². The topological polar surface area (TPSA) is 131 Å². The summed E-state index contributed by atoms with van der Waals surface area (Å²) in [6, 6.07) is 11.0. The third-order valence-electron chi connectivity index (χ3n) is 9.87. The van der Waals surface area contributed by atoms with Crippen LogP contribution in [0.1, 0.15) is 54.9 Å². The largest absolute Gasteiger partial charge is 0.573 e. The Morgan fingerprint density at radius 3 is 2.44 bits per heavy atom. The summed E-state index contributed by atoms with van der Waals surface area (Å²) in [5.41, 5.74) is -3.68. The van der Waals surface area contributed by atoms with E-state index in [1.54, 1.807) is 25.1 Å². The van der Waals surface area contributed by atoms with Gasteiger partial charge in [-0.1, -0.05) is 41.4 Å². The van der Waals surface area contributed by atoms with Crippen molar-refractivity contribution in [3.05, 3.63) is 91.7 Å². The average Bonchev–Trinajstić information content (AvgIpc) is 3.85. The van der Waals surface area contributed by atoms with Gasteiger partial charge in [-0.2, -0.15) is 0 Å². The number of amides is 2. The van der Waals surface area contributed by atoms with Crippen LogP contribution in [0.25, 0.3) is 0 Å². The van der Waals surface area contributed by atoms with E-state index in [0.29, 0.717) is 29.4 Å². The van der Waals surface area contributed by atoms with E-state index in [1.165, 1.54) is 31.2 Å². The van der Waals surface area contributed by atoms with Crippen molar-refractivity contribution in [1.29, 1.82) is 0 Å². The van der Waals surface area contributed by atoms with Crippen LogP contribution in [0.2, 0.25) is 10.0 Å². The highest BCUT2D eigenvalue weighted by atomic mass is 35.5. The number of alkyl halides is 3. The molecule has 17 heteroatoms. The van der Waals surface area contributed by atoms with E-state index >= 15 is 4.39 Å². The fourth-order valence-corrected chi connectivity index (χ4v) is 7.85. The summed E-state index contributed by atoms with van der Waals surface area (Å²) < 4.78 is 65.8. The number of hydrogen-bond donors (Lipinski definition) is 1. The Kier molecular flexibility index (Phi) is 10.2. The summed E-state index contributed by atoms with van der Waals surface area (Å²) in [6.07, 6.45) is -3.52. The number of nitrogens with zero attached hydrogens (tertiary/aromatic N) is 3. The molecular formula is C35H32Cl2F4N4O7. The van der Waals surface area contributed by atoms with E-state index in [4.69, 9.17) is 27.9 Å². The monoisotopic (exact) mass is 766 g/mol. The lowest BCUT2D eigenvalue weighted by atomic mass is 9.72. The van der Waals surface area contributed by atoms with Gasteiger partial charge in [-0.25, -0.2) is 9.18 Å². The maximum Gasteiger partial charge on any atom is 0.573 e. The van der Waals surface area contributed by atoms with Crippen LogP contribution in [0.4, 0.5) is 34.6 Å². The fraction of sp³-hybridized carbons (Fsp3) is 0.400. The predicted molar refractivity (Wildman–Crippen MR) is 182 cm³/mol. The van der Waals surface area contributed by atoms with Gasteiger partial charge in [0.25, 0.3) is 5.69 Å². The molecule has 4 atom stereocenters. The summed E-state index contributed by atoms with van der Waals surface area (Å²) in [5, 5.41) is 15.3. The number of halogens is 6. The van der Waals surface area contributed by atoms with Crippen LogP contribution < -0.4 is 15.0 Å². The molecule has 0 aromatic heterocycles. The Balaban J connectivity index is 1.51. The molecule has 276 valence electrons. The summed E-state index contributed by atoms with van der Waals surface area (Å²) in [5.74, 6) is -7.02. The minimum Gasteiger partial charge on any atom is -0.462 e. The zero-order chi connectivity index (χ0) is 37.7. The maximum absolute atomic E-state index is 16.1. The highest BCUT2D eigenvalue weighted by Gasteiger charge is 2.65. The lowest BCUT2D eigenvalue weighted by molar-refractivity contribution is -0.384. The van der Waals surface area contributed by atoms with Gasteiger partial charge in [0.2, 0.25) is 11.8 Å². The second kappa shape index (κ2) is 14.2. The SMILES string of the molecule is CCOC(=O)c1cc([N+](=O)[O-])c(N2CC[C@H]3[C@@H](C2=O)[C@H](c2cccc(Cl)c2F)[C@](C)(C(=O)Nc2cccc(Cl)c2)N3CC2CC2)cc1OC(F)(F)F. The molecular weight excluding hydrogens is 735 g/mol. The van der Waals surface area contributed by atoms with Crippen LogP contribution >= 0.6 is 23.2 Å². The molecule has 2 aliphatic heterocycles. The number of anilines is 2. The van der Waals surface area contributed by atoms with Crippen molar-refractivity contribution in [1.82, 2.24) is 4.90 Å². The Morgan fingerprint density at radius 2 is 1.81 bits per heavy atom. The molecule has 6 rings (SSSR count). The van der Waals surface area contributed by atoms with E-state index in [9.17, 15) is 37.7 Å². The second-order valence-electron chi connectivity index (χ2n) is 13.1. The fourth-order valence-electron chi connectivity index (χ4n) is 7.48. The van der Waals surface area contributed by atoms with Crippen molar-refractivity contribution in [2.24, 2.45) is 11.8 Å². The van der Waals surface area contributed by atoms with E-state index in [-0.39, 0.29) is 36.1 Å². The minimum atomic E-state index is -5.33. The maximum atomic E-state index is 16.1. The number of fused-ring (bicyclic) bond motifs is 1. The molecule has 3 aliphatic rings. The first-order chi connectivity index (χ1) is 24.5. The highest BCUT2D eigenvalue weighted by molar-refractivity contribution is 6.31. The van der Waals surface area contributed by atoms with Crippen molar-refractivity contribution in [3.63, 3.8) is 0 Å². The number of nitrogens with one attached hydrogen (secondary N) is 1. The molecule has 3 aromatic carbocycles. The number of carbonyl (C=O) groups is 3. The molecule has 3 fully saturated rings. The molecule has 1 N–H and O–H groups in total. The first-order valence-corrected chi connectivity index (χ1v) is 17.1. The Bertz CT molecular complexity index is 1950. The number of nitro benzene ring substituents is 1. The number of hydrogen-bond acceptors (Lipinski definition) is 8. The first-order valence-electron chi connectivity index (χ1n) is 16.4. The molecule has 1 aliphatic carbocycles. The van der Waals surface area contributed by atoms with Crippen molar-refractivity contribution >= 4 is 58.0 Å². The molecule has 2 saturated heterocycles. The van der Waals surface area contributed by atoms with E-state index < -0.39 is 81.0 Å². The van der Waals surface area contributed by atoms with Crippen LogP contribution in [-0.2, 0) is 14.3 Å². The normalized spacial score (nSPS) is 23.3. The van der Waals surface area contributed by atoms with Gasteiger partial charge in [0.15, 0.2) is 0 Å². The average molecular weight is 768 g/mol. The number of nitro groups is 1. The molecule has 3 aromatic rings. The Hall–Kier alpha value is -4.47. The van der Waals surface area contributed by atoms with Gasteiger partial charge in [-0.3, -0.25) is 24.6 Å². The third kappa shape index (κ3) is 7.00. The van der Waals surface area contributed by atoms with Crippen molar-refractivity contribution in [2.75, 3.05) is 29.9 Å². The van der Waals surface area contributed by atoms with Gasteiger partial charge in [-0.05, 0) is 68.9 Å². The minimum absolute atomic E-state index is 0.0620. The summed E-state index contributed by atoms with van der Waals surface area (Å²) >= 11 is 12.4. The number of rotatable bonds is 10. The Morgan fingerprint density at radius 1 is 1.10 bits per heavy atom. The van der Waals surface area contributed by atoms with Gasteiger partial charge in [0.1, 0.15) is 28.4 Å². The standard InChI is InChI=1S/C35H32Cl2F4N4O7/c1-3-51-32(47)22-15-26(45(49)50)25(16-27(22)52-35(39,40)41)43-13-12-24-28(31(43)46)29(21-8-5-9-23(37)30(21)38)34(2,44(24)17-18-10-11-18)33(48)42-20-7-4-6-19(36)14-20/h4-9,14-16,18,24,28-29H,3,10-13,17H2,1-2H3,(H,42,48)/t24-,28+,29-,34+/m0/s1. The summed E-state index contributed by atoms with van der Waals surface area (Å²) in [7, 11) is 0. The van der Waals surface area contributed by atoms with Crippen LogP contribution in [0.3, 0.4) is 0 Å². The molecule has 0 unspecified atom stereocenters. The lowest BCUT2D eigenvalue weighted by Crippen LogP contribution is -2.56. The number of carbonyl (C=O) groups excluding carboxylic acids is 3. The number of piperidine rings is 1.